The maximum Gasteiger partial charge on any atom is 0.231 e. The Morgan fingerprint density at radius 1 is 1.53 bits per heavy atom. The molecule has 2 rings (SSSR count). The van der Waals surface area contributed by atoms with Gasteiger partial charge in [-0.2, -0.15) is 4.98 Å². The molecule has 0 aromatic carbocycles. The Balaban J connectivity index is 2.07. The van der Waals surface area contributed by atoms with E-state index in [1.165, 1.54) is 0 Å². The van der Waals surface area contributed by atoms with Crippen molar-refractivity contribution >= 4 is 5.91 Å². The average molecular weight is 267 g/mol. The first kappa shape index (κ1) is 14.0. The molecule has 19 heavy (non-hydrogen) atoms. The fourth-order valence-corrected chi connectivity index (χ4v) is 2.48. The lowest BCUT2D eigenvalue weighted by atomic mass is 9.97. The second-order valence-electron chi connectivity index (χ2n) is 5.63. The molecule has 1 N–H and O–H groups in total. The van der Waals surface area contributed by atoms with Gasteiger partial charge in [-0.05, 0) is 12.8 Å². The maximum absolute atomic E-state index is 12.1. The van der Waals surface area contributed by atoms with E-state index in [0.717, 1.165) is 0 Å². The first-order valence-electron chi connectivity index (χ1n) is 6.70. The quantitative estimate of drug-likeness (QED) is 0.879. The van der Waals surface area contributed by atoms with E-state index in [1.54, 1.807) is 11.8 Å². The molecular weight excluding hydrogens is 246 g/mol. The van der Waals surface area contributed by atoms with Crippen LogP contribution in [0.25, 0.3) is 0 Å². The van der Waals surface area contributed by atoms with Crippen LogP contribution in [0.3, 0.4) is 0 Å². The van der Waals surface area contributed by atoms with Crippen LogP contribution in [-0.4, -0.2) is 45.8 Å². The SMILES string of the molecule is Cc1noc([C@@H]2CN(C(=O)CC(C)C)C[C@H]2CO)n1. The summed E-state index contributed by atoms with van der Waals surface area (Å²) >= 11 is 0. The molecule has 6 nitrogen and oxygen atoms in total. The largest absolute Gasteiger partial charge is 0.396 e. The number of aliphatic hydroxyl groups is 1. The molecular formula is C13H21N3O3. The second-order valence-corrected chi connectivity index (χ2v) is 5.63. The zero-order valence-electron chi connectivity index (χ0n) is 11.7. The van der Waals surface area contributed by atoms with E-state index in [0.29, 0.717) is 37.1 Å². The van der Waals surface area contributed by atoms with Gasteiger partial charge < -0.3 is 14.5 Å². The van der Waals surface area contributed by atoms with E-state index in [2.05, 4.69) is 10.1 Å². The molecule has 0 spiro atoms. The highest BCUT2D eigenvalue weighted by atomic mass is 16.5. The van der Waals surface area contributed by atoms with Crippen LogP contribution >= 0.6 is 0 Å². The standard InChI is InChI=1S/C13H21N3O3/c1-8(2)4-12(18)16-5-10(7-17)11(6-16)13-14-9(3)15-19-13/h8,10-11,17H,4-7H2,1-3H3/t10-,11+/m0/s1. The molecule has 6 heteroatoms. The summed E-state index contributed by atoms with van der Waals surface area (Å²) in [6, 6.07) is 0. The highest BCUT2D eigenvalue weighted by Gasteiger charge is 2.38. The Morgan fingerprint density at radius 3 is 2.79 bits per heavy atom. The van der Waals surface area contributed by atoms with Gasteiger partial charge in [0.1, 0.15) is 0 Å². The number of hydrogen-bond donors (Lipinski definition) is 1. The minimum atomic E-state index is -0.0534. The number of carbonyl (C=O) groups excluding carboxylic acids is 1. The van der Waals surface area contributed by atoms with Crippen LogP contribution in [0.1, 0.15) is 37.9 Å². The summed E-state index contributed by atoms with van der Waals surface area (Å²) in [5, 5.41) is 13.2. The number of aromatic nitrogens is 2. The van der Waals surface area contributed by atoms with E-state index in [1.807, 2.05) is 13.8 Å². The van der Waals surface area contributed by atoms with Gasteiger partial charge in [-0.25, -0.2) is 0 Å². The summed E-state index contributed by atoms with van der Waals surface area (Å²) in [5.74, 6) is 1.50. The number of nitrogens with zero attached hydrogens (tertiary/aromatic N) is 3. The summed E-state index contributed by atoms with van der Waals surface area (Å²) in [6.07, 6.45) is 0.535. The van der Waals surface area contributed by atoms with Gasteiger partial charge in [0.05, 0.1) is 5.92 Å². The molecule has 1 amide bonds. The number of likely N-dealkylation sites (tertiary alicyclic amines) is 1. The Labute approximate surface area is 112 Å². The smallest absolute Gasteiger partial charge is 0.231 e. The molecule has 1 aromatic heterocycles. The first-order chi connectivity index (χ1) is 9.01. The highest BCUT2D eigenvalue weighted by Crippen LogP contribution is 2.32. The van der Waals surface area contributed by atoms with Crippen molar-refractivity contribution in [2.45, 2.75) is 33.1 Å². The summed E-state index contributed by atoms with van der Waals surface area (Å²) in [5.41, 5.74) is 0. The van der Waals surface area contributed by atoms with Gasteiger partial charge in [-0.3, -0.25) is 4.79 Å². The van der Waals surface area contributed by atoms with Crippen molar-refractivity contribution in [2.75, 3.05) is 19.7 Å². The molecule has 2 atom stereocenters. The van der Waals surface area contributed by atoms with E-state index < -0.39 is 0 Å². The molecule has 1 fully saturated rings. The van der Waals surface area contributed by atoms with E-state index in [4.69, 9.17) is 4.52 Å². The van der Waals surface area contributed by atoms with Crippen molar-refractivity contribution in [1.82, 2.24) is 15.0 Å². The fourth-order valence-electron chi connectivity index (χ4n) is 2.48. The predicted molar refractivity (Wildman–Crippen MR) is 68.4 cm³/mol. The van der Waals surface area contributed by atoms with Crippen molar-refractivity contribution in [3.05, 3.63) is 11.7 Å². The van der Waals surface area contributed by atoms with Gasteiger partial charge in [0.15, 0.2) is 5.82 Å². The van der Waals surface area contributed by atoms with Crippen LogP contribution in [-0.2, 0) is 4.79 Å². The summed E-state index contributed by atoms with van der Waals surface area (Å²) in [7, 11) is 0. The molecule has 0 radical (unpaired) electrons. The number of hydrogen-bond acceptors (Lipinski definition) is 5. The summed E-state index contributed by atoms with van der Waals surface area (Å²) in [6.45, 7) is 6.95. The number of rotatable bonds is 4. The van der Waals surface area contributed by atoms with Crippen LogP contribution in [0.4, 0.5) is 0 Å². The molecule has 2 heterocycles. The van der Waals surface area contributed by atoms with Crippen molar-refractivity contribution in [1.29, 1.82) is 0 Å². The minimum absolute atomic E-state index is 0.0176. The average Bonchev–Trinajstić information content (AvgIpc) is 2.93. The van der Waals surface area contributed by atoms with Crippen LogP contribution in [0, 0.1) is 18.8 Å². The van der Waals surface area contributed by atoms with Crippen molar-refractivity contribution in [3.8, 4) is 0 Å². The van der Waals surface area contributed by atoms with Gasteiger partial charge in [0.2, 0.25) is 11.8 Å². The van der Waals surface area contributed by atoms with E-state index in [9.17, 15) is 9.90 Å². The second kappa shape index (κ2) is 5.69. The Kier molecular flexibility index (Phi) is 4.19. The lowest BCUT2D eigenvalue weighted by Gasteiger charge is -2.17. The Hall–Kier alpha value is -1.43. The summed E-state index contributed by atoms with van der Waals surface area (Å²) < 4.78 is 5.18. The zero-order chi connectivity index (χ0) is 14.0. The monoisotopic (exact) mass is 267 g/mol. The van der Waals surface area contributed by atoms with Crippen LogP contribution in [0.2, 0.25) is 0 Å². The van der Waals surface area contributed by atoms with Gasteiger partial charge in [-0.1, -0.05) is 19.0 Å². The predicted octanol–water partition coefficient (Wildman–Crippen LogP) is 0.958. The molecule has 0 unspecified atom stereocenters. The number of aryl methyl sites for hydroxylation is 1. The lowest BCUT2D eigenvalue weighted by Crippen LogP contribution is -2.30. The maximum atomic E-state index is 12.1. The third kappa shape index (κ3) is 3.12. The van der Waals surface area contributed by atoms with Crippen LogP contribution in [0.15, 0.2) is 4.52 Å². The lowest BCUT2D eigenvalue weighted by molar-refractivity contribution is -0.131. The minimum Gasteiger partial charge on any atom is -0.396 e. The van der Waals surface area contributed by atoms with Crippen LogP contribution in [0.5, 0.6) is 0 Å². The van der Waals surface area contributed by atoms with Crippen molar-refractivity contribution < 1.29 is 14.4 Å². The molecule has 1 saturated heterocycles. The molecule has 106 valence electrons. The Bertz CT molecular complexity index is 444. The first-order valence-corrected chi connectivity index (χ1v) is 6.70. The van der Waals surface area contributed by atoms with Crippen molar-refractivity contribution in [2.24, 2.45) is 11.8 Å². The molecule has 1 aromatic rings. The van der Waals surface area contributed by atoms with Gasteiger partial charge in [0, 0.05) is 32.0 Å². The molecule has 0 aliphatic carbocycles. The Morgan fingerprint density at radius 2 is 2.26 bits per heavy atom. The van der Waals surface area contributed by atoms with E-state index in [-0.39, 0.29) is 24.3 Å². The van der Waals surface area contributed by atoms with Gasteiger partial charge in [0.25, 0.3) is 0 Å². The van der Waals surface area contributed by atoms with Gasteiger partial charge in [-0.15, -0.1) is 0 Å². The van der Waals surface area contributed by atoms with E-state index >= 15 is 0 Å². The van der Waals surface area contributed by atoms with Crippen LogP contribution < -0.4 is 0 Å². The highest BCUT2D eigenvalue weighted by molar-refractivity contribution is 5.76. The molecule has 1 aliphatic rings. The number of carbonyl (C=O) groups is 1. The molecule has 0 saturated carbocycles. The number of amides is 1. The topological polar surface area (TPSA) is 79.5 Å². The van der Waals surface area contributed by atoms with Gasteiger partial charge >= 0.3 is 0 Å². The third-order valence-corrected chi connectivity index (χ3v) is 3.47. The zero-order valence-corrected chi connectivity index (χ0v) is 11.7. The van der Waals surface area contributed by atoms with Crippen molar-refractivity contribution in [3.63, 3.8) is 0 Å². The fraction of sp³-hybridized carbons (Fsp3) is 0.769. The number of aliphatic hydroxyl groups excluding tert-OH is 1. The molecule has 1 aliphatic heterocycles. The third-order valence-electron chi connectivity index (χ3n) is 3.47. The summed E-state index contributed by atoms with van der Waals surface area (Å²) in [4.78, 5) is 18.1. The normalized spacial score (nSPS) is 23.3. The molecule has 0 bridgehead atoms.